The van der Waals surface area contributed by atoms with Crippen LogP contribution in [0.25, 0.3) is 10.9 Å². The molecule has 2 N–H and O–H groups in total. The van der Waals surface area contributed by atoms with Crippen molar-refractivity contribution in [3.8, 4) is 0 Å². The Morgan fingerprint density at radius 1 is 1.00 bits per heavy atom. The fraction of sp³-hybridized carbons (Fsp3) is 0.158. The molecule has 3 rings (SSSR count). The van der Waals surface area contributed by atoms with Crippen LogP contribution in [0.5, 0.6) is 0 Å². The first kappa shape index (κ1) is 20.0. The summed E-state index contributed by atoms with van der Waals surface area (Å²) in [5, 5.41) is 7.21. The molecule has 1 heterocycles. The standard InChI is InChI=1S/C19H18F2N4.HI/c1-22-19(25-12-15-10-16(20)7-8-17(15)21)24-11-14-5-2-4-13-6-3-9-23-18(13)14;/h2-10H,11-12H2,1H3,(H2,22,24,25);1H. The van der Waals surface area contributed by atoms with Gasteiger partial charge in [0.1, 0.15) is 11.6 Å². The second kappa shape index (κ2) is 9.42. The monoisotopic (exact) mass is 468 g/mol. The third-order valence-corrected chi connectivity index (χ3v) is 3.84. The van der Waals surface area contributed by atoms with E-state index in [-0.39, 0.29) is 36.1 Å². The van der Waals surface area contributed by atoms with E-state index in [2.05, 4.69) is 20.6 Å². The largest absolute Gasteiger partial charge is 0.352 e. The minimum atomic E-state index is -0.469. The lowest BCUT2D eigenvalue weighted by molar-refractivity contribution is 0.581. The normalized spacial score (nSPS) is 11.1. The van der Waals surface area contributed by atoms with Gasteiger partial charge in [0.05, 0.1) is 5.52 Å². The maximum atomic E-state index is 13.7. The van der Waals surface area contributed by atoms with Crippen LogP contribution >= 0.6 is 24.0 Å². The molecule has 26 heavy (non-hydrogen) atoms. The highest BCUT2D eigenvalue weighted by molar-refractivity contribution is 14.0. The minimum Gasteiger partial charge on any atom is -0.352 e. The number of pyridine rings is 1. The van der Waals surface area contributed by atoms with Crippen LogP contribution in [0.3, 0.4) is 0 Å². The van der Waals surface area contributed by atoms with Gasteiger partial charge >= 0.3 is 0 Å². The maximum absolute atomic E-state index is 13.7. The lowest BCUT2D eigenvalue weighted by Crippen LogP contribution is -2.36. The Kier molecular flexibility index (Phi) is 7.26. The van der Waals surface area contributed by atoms with E-state index in [0.717, 1.165) is 28.6 Å². The van der Waals surface area contributed by atoms with Gasteiger partial charge in [-0.1, -0.05) is 24.3 Å². The average molecular weight is 468 g/mol. The number of nitrogens with one attached hydrogen (secondary N) is 2. The molecule has 0 aliphatic rings. The number of guanidine groups is 1. The zero-order valence-corrected chi connectivity index (χ0v) is 16.5. The molecule has 1 aromatic heterocycles. The second-order valence-corrected chi connectivity index (χ2v) is 5.51. The molecule has 0 amide bonds. The molecule has 136 valence electrons. The Morgan fingerprint density at radius 3 is 2.50 bits per heavy atom. The lowest BCUT2D eigenvalue weighted by Gasteiger charge is -2.13. The highest BCUT2D eigenvalue weighted by Gasteiger charge is 2.06. The molecule has 0 aliphatic carbocycles. The SMILES string of the molecule is CN=C(NCc1cc(F)ccc1F)NCc1cccc2cccnc12.I. The average Bonchev–Trinajstić information content (AvgIpc) is 2.64. The predicted octanol–water partition coefficient (Wildman–Crippen LogP) is 4.00. The Morgan fingerprint density at radius 2 is 1.73 bits per heavy atom. The minimum absolute atomic E-state index is 0. The Labute approximate surface area is 167 Å². The zero-order valence-electron chi connectivity index (χ0n) is 14.2. The fourth-order valence-corrected chi connectivity index (χ4v) is 2.57. The molecule has 0 saturated carbocycles. The number of hydrogen-bond donors (Lipinski definition) is 2. The van der Waals surface area contributed by atoms with Crippen LogP contribution in [-0.2, 0) is 13.1 Å². The van der Waals surface area contributed by atoms with Crippen molar-refractivity contribution in [2.24, 2.45) is 4.99 Å². The smallest absolute Gasteiger partial charge is 0.191 e. The zero-order chi connectivity index (χ0) is 17.6. The number of benzene rings is 2. The Hall–Kier alpha value is -2.29. The molecule has 7 heteroatoms. The lowest BCUT2D eigenvalue weighted by atomic mass is 10.1. The Bertz CT molecular complexity index is 910. The summed E-state index contributed by atoms with van der Waals surface area (Å²) >= 11 is 0. The molecule has 4 nitrogen and oxygen atoms in total. The first-order valence-corrected chi connectivity index (χ1v) is 7.88. The summed E-state index contributed by atoms with van der Waals surface area (Å²) in [7, 11) is 1.62. The van der Waals surface area contributed by atoms with Crippen LogP contribution < -0.4 is 10.6 Å². The molecule has 0 spiro atoms. The van der Waals surface area contributed by atoms with Gasteiger partial charge in [-0.15, -0.1) is 24.0 Å². The predicted molar refractivity (Wildman–Crippen MR) is 111 cm³/mol. The van der Waals surface area contributed by atoms with Gasteiger partial charge in [0.25, 0.3) is 0 Å². The third-order valence-electron chi connectivity index (χ3n) is 3.84. The van der Waals surface area contributed by atoms with Gasteiger partial charge in [-0.25, -0.2) is 8.78 Å². The maximum Gasteiger partial charge on any atom is 0.191 e. The third kappa shape index (κ3) is 4.87. The number of nitrogens with zero attached hydrogens (tertiary/aromatic N) is 2. The van der Waals surface area contributed by atoms with Crippen molar-refractivity contribution in [3.63, 3.8) is 0 Å². The number of aliphatic imine (C=N–C) groups is 1. The summed E-state index contributed by atoms with van der Waals surface area (Å²) < 4.78 is 26.9. The van der Waals surface area contributed by atoms with E-state index in [1.165, 1.54) is 6.07 Å². The van der Waals surface area contributed by atoms with E-state index in [1.54, 1.807) is 13.2 Å². The van der Waals surface area contributed by atoms with Gasteiger partial charge in [0.2, 0.25) is 0 Å². The number of rotatable bonds is 4. The summed E-state index contributed by atoms with van der Waals surface area (Å²) in [6, 6.07) is 13.2. The first-order chi connectivity index (χ1) is 12.2. The molecule has 0 atom stereocenters. The van der Waals surface area contributed by atoms with Crippen LogP contribution in [0.2, 0.25) is 0 Å². The molecule has 0 saturated heterocycles. The van der Waals surface area contributed by atoms with E-state index in [0.29, 0.717) is 12.5 Å². The van der Waals surface area contributed by atoms with Crippen LogP contribution in [0.4, 0.5) is 8.78 Å². The van der Waals surface area contributed by atoms with E-state index in [4.69, 9.17) is 0 Å². The number of aromatic nitrogens is 1. The van der Waals surface area contributed by atoms with Crippen LogP contribution in [0, 0.1) is 11.6 Å². The summed E-state index contributed by atoms with van der Waals surface area (Å²) in [4.78, 5) is 8.52. The number of fused-ring (bicyclic) bond motifs is 1. The number of para-hydroxylation sites is 1. The first-order valence-electron chi connectivity index (χ1n) is 7.88. The molecule has 2 aromatic carbocycles. The summed E-state index contributed by atoms with van der Waals surface area (Å²) in [5.41, 5.74) is 2.19. The highest BCUT2D eigenvalue weighted by Crippen LogP contribution is 2.15. The highest BCUT2D eigenvalue weighted by atomic mass is 127. The van der Waals surface area contributed by atoms with Gasteiger partial charge in [-0.3, -0.25) is 9.98 Å². The van der Waals surface area contributed by atoms with Gasteiger partial charge in [-0.05, 0) is 29.8 Å². The number of halogens is 3. The van der Waals surface area contributed by atoms with Crippen molar-refractivity contribution in [1.82, 2.24) is 15.6 Å². The number of hydrogen-bond acceptors (Lipinski definition) is 2. The van der Waals surface area contributed by atoms with Crippen molar-refractivity contribution in [1.29, 1.82) is 0 Å². The molecule has 0 fully saturated rings. The quantitative estimate of drug-likeness (QED) is 0.346. The summed E-state index contributed by atoms with van der Waals surface area (Å²) in [6.45, 7) is 0.650. The fourth-order valence-electron chi connectivity index (χ4n) is 2.57. The molecular weight excluding hydrogens is 449 g/mol. The van der Waals surface area contributed by atoms with Gasteiger partial charge < -0.3 is 10.6 Å². The van der Waals surface area contributed by atoms with Crippen LogP contribution in [0.15, 0.2) is 59.7 Å². The van der Waals surface area contributed by atoms with Crippen molar-refractivity contribution in [3.05, 3.63) is 77.5 Å². The summed E-state index contributed by atoms with van der Waals surface area (Å²) in [5.74, 6) is -0.429. The molecule has 0 unspecified atom stereocenters. The Balaban J connectivity index is 0.00000243. The van der Waals surface area contributed by atoms with E-state index in [9.17, 15) is 8.78 Å². The van der Waals surface area contributed by atoms with Crippen molar-refractivity contribution in [2.45, 2.75) is 13.1 Å². The molecule has 0 aliphatic heterocycles. The molecular formula is C19H19F2IN4. The van der Waals surface area contributed by atoms with Gasteiger partial charge in [0.15, 0.2) is 5.96 Å². The summed E-state index contributed by atoms with van der Waals surface area (Å²) in [6.07, 6.45) is 1.76. The molecule has 0 bridgehead atoms. The van der Waals surface area contributed by atoms with Crippen LogP contribution in [-0.4, -0.2) is 18.0 Å². The van der Waals surface area contributed by atoms with E-state index in [1.807, 2.05) is 30.3 Å². The van der Waals surface area contributed by atoms with Crippen molar-refractivity contribution < 1.29 is 8.78 Å². The van der Waals surface area contributed by atoms with E-state index < -0.39 is 11.6 Å². The van der Waals surface area contributed by atoms with Gasteiger partial charge in [-0.2, -0.15) is 0 Å². The van der Waals surface area contributed by atoms with Crippen LogP contribution in [0.1, 0.15) is 11.1 Å². The molecule has 3 aromatic rings. The van der Waals surface area contributed by atoms with Crippen molar-refractivity contribution >= 4 is 40.8 Å². The van der Waals surface area contributed by atoms with Gasteiger partial charge in [0, 0.05) is 37.3 Å². The second-order valence-electron chi connectivity index (χ2n) is 5.51. The topological polar surface area (TPSA) is 49.3 Å². The van der Waals surface area contributed by atoms with Crippen molar-refractivity contribution in [2.75, 3.05) is 7.05 Å². The molecule has 0 radical (unpaired) electrons. The van der Waals surface area contributed by atoms with E-state index >= 15 is 0 Å².